The minimum atomic E-state index is 0.185. The van der Waals surface area contributed by atoms with E-state index in [1.54, 1.807) is 7.11 Å². The maximum atomic E-state index is 5.33. The van der Waals surface area contributed by atoms with Crippen LogP contribution in [-0.4, -0.2) is 14.2 Å². The molecule has 1 atom stereocenters. The molecule has 0 bridgehead atoms. The molecule has 0 aliphatic heterocycles. The fraction of sp³-hybridized carbons (Fsp3) is 0.333. The van der Waals surface area contributed by atoms with Gasteiger partial charge in [-0.25, -0.2) is 0 Å². The summed E-state index contributed by atoms with van der Waals surface area (Å²) in [4.78, 5) is 0. The molecule has 2 nitrogen and oxygen atoms in total. The Hall–Kier alpha value is -1.80. The Morgan fingerprint density at radius 1 is 0.950 bits per heavy atom. The molecular weight excluding hydrogens is 246 g/mol. The standard InChI is InChI=1S/C18H23NO/c1-12-9-14(3)17(10-13(12)2)18(19-4)15-7-6-8-16(11-15)20-5/h6-11,18-19H,1-5H3. The van der Waals surface area contributed by atoms with Crippen molar-refractivity contribution in [3.63, 3.8) is 0 Å². The van der Waals surface area contributed by atoms with Crippen LogP contribution in [-0.2, 0) is 0 Å². The Kier molecular flexibility index (Phi) is 4.46. The van der Waals surface area contributed by atoms with Crippen LogP contribution in [0.15, 0.2) is 36.4 Å². The first-order valence-corrected chi connectivity index (χ1v) is 6.95. The zero-order valence-electron chi connectivity index (χ0n) is 12.9. The minimum absolute atomic E-state index is 0.185. The van der Waals surface area contributed by atoms with Gasteiger partial charge in [0, 0.05) is 0 Å². The van der Waals surface area contributed by atoms with Crippen molar-refractivity contribution in [3.8, 4) is 5.75 Å². The second kappa shape index (κ2) is 6.10. The van der Waals surface area contributed by atoms with Crippen LogP contribution in [0.4, 0.5) is 0 Å². The minimum Gasteiger partial charge on any atom is -0.497 e. The van der Waals surface area contributed by atoms with E-state index in [9.17, 15) is 0 Å². The largest absolute Gasteiger partial charge is 0.497 e. The predicted molar refractivity (Wildman–Crippen MR) is 84.5 cm³/mol. The highest BCUT2D eigenvalue weighted by Gasteiger charge is 2.15. The van der Waals surface area contributed by atoms with Crippen LogP contribution in [0, 0.1) is 20.8 Å². The van der Waals surface area contributed by atoms with Crippen molar-refractivity contribution in [1.29, 1.82) is 0 Å². The maximum Gasteiger partial charge on any atom is 0.119 e. The number of benzene rings is 2. The molecule has 0 radical (unpaired) electrons. The zero-order chi connectivity index (χ0) is 14.7. The van der Waals surface area contributed by atoms with E-state index in [0.29, 0.717) is 0 Å². The molecule has 2 aromatic carbocycles. The third kappa shape index (κ3) is 2.86. The van der Waals surface area contributed by atoms with Crippen LogP contribution in [0.2, 0.25) is 0 Å². The smallest absolute Gasteiger partial charge is 0.119 e. The number of aryl methyl sites for hydroxylation is 3. The number of hydrogen-bond acceptors (Lipinski definition) is 2. The van der Waals surface area contributed by atoms with Gasteiger partial charge in [0.15, 0.2) is 0 Å². The molecule has 0 aliphatic rings. The second-order valence-corrected chi connectivity index (χ2v) is 5.29. The number of ether oxygens (including phenoxy) is 1. The highest BCUT2D eigenvalue weighted by Crippen LogP contribution is 2.28. The normalized spacial score (nSPS) is 12.2. The molecule has 2 aromatic rings. The fourth-order valence-electron chi connectivity index (χ4n) is 2.62. The molecule has 0 saturated carbocycles. The van der Waals surface area contributed by atoms with Crippen molar-refractivity contribution in [2.75, 3.05) is 14.2 Å². The monoisotopic (exact) mass is 269 g/mol. The number of rotatable bonds is 4. The zero-order valence-corrected chi connectivity index (χ0v) is 12.9. The van der Waals surface area contributed by atoms with Gasteiger partial charge in [-0.05, 0) is 67.8 Å². The summed E-state index contributed by atoms with van der Waals surface area (Å²) in [6.07, 6.45) is 0. The van der Waals surface area contributed by atoms with E-state index < -0.39 is 0 Å². The first kappa shape index (κ1) is 14.6. The van der Waals surface area contributed by atoms with Crippen LogP contribution in [0.5, 0.6) is 5.75 Å². The molecule has 2 heteroatoms. The summed E-state index contributed by atoms with van der Waals surface area (Å²) in [5.41, 5.74) is 6.53. The van der Waals surface area contributed by atoms with E-state index in [4.69, 9.17) is 4.74 Å². The van der Waals surface area contributed by atoms with Crippen molar-refractivity contribution in [2.45, 2.75) is 26.8 Å². The van der Waals surface area contributed by atoms with E-state index in [1.165, 1.54) is 27.8 Å². The van der Waals surface area contributed by atoms with Gasteiger partial charge in [-0.15, -0.1) is 0 Å². The van der Waals surface area contributed by atoms with Gasteiger partial charge in [-0.2, -0.15) is 0 Å². The third-order valence-electron chi connectivity index (χ3n) is 3.91. The first-order chi connectivity index (χ1) is 9.56. The number of nitrogens with one attached hydrogen (secondary N) is 1. The van der Waals surface area contributed by atoms with Crippen molar-refractivity contribution in [3.05, 3.63) is 64.2 Å². The average molecular weight is 269 g/mol. The fourth-order valence-corrected chi connectivity index (χ4v) is 2.62. The number of methoxy groups -OCH3 is 1. The van der Waals surface area contributed by atoms with Crippen molar-refractivity contribution < 1.29 is 4.74 Å². The predicted octanol–water partition coefficient (Wildman–Crippen LogP) is 3.93. The summed E-state index contributed by atoms with van der Waals surface area (Å²) in [5.74, 6) is 0.893. The SMILES string of the molecule is CNC(c1cccc(OC)c1)c1cc(C)c(C)cc1C. The Balaban J connectivity index is 2.49. The lowest BCUT2D eigenvalue weighted by Crippen LogP contribution is -2.19. The lowest BCUT2D eigenvalue weighted by Gasteiger charge is -2.21. The first-order valence-electron chi connectivity index (χ1n) is 6.95. The molecule has 0 heterocycles. The van der Waals surface area contributed by atoms with E-state index in [0.717, 1.165) is 5.75 Å². The molecule has 0 fully saturated rings. The van der Waals surface area contributed by atoms with Gasteiger partial charge in [-0.1, -0.05) is 24.3 Å². The van der Waals surface area contributed by atoms with Crippen LogP contribution < -0.4 is 10.1 Å². The topological polar surface area (TPSA) is 21.3 Å². The van der Waals surface area contributed by atoms with Gasteiger partial charge in [0.2, 0.25) is 0 Å². The molecule has 1 N–H and O–H groups in total. The summed E-state index contributed by atoms with van der Waals surface area (Å²) < 4.78 is 5.33. The highest BCUT2D eigenvalue weighted by molar-refractivity contribution is 5.43. The summed E-state index contributed by atoms with van der Waals surface area (Å²) in [7, 11) is 3.70. The third-order valence-corrected chi connectivity index (χ3v) is 3.91. The molecule has 0 amide bonds. The lowest BCUT2D eigenvalue weighted by atomic mass is 9.91. The van der Waals surface area contributed by atoms with Gasteiger partial charge in [0.1, 0.15) is 5.75 Å². The quantitative estimate of drug-likeness (QED) is 0.908. The summed E-state index contributed by atoms with van der Waals surface area (Å²) in [6.45, 7) is 6.49. The molecule has 0 aromatic heterocycles. The number of hydrogen-bond donors (Lipinski definition) is 1. The van der Waals surface area contributed by atoms with Gasteiger partial charge in [0.05, 0.1) is 13.2 Å². The highest BCUT2D eigenvalue weighted by atomic mass is 16.5. The van der Waals surface area contributed by atoms with Crippen LogP contribution in [0.3, 0.4) is 0 Å². The summed E-state index contributed by atoms with van der Waals surface area (Å²) in [6, 6.07) is 13.0. The molecule has 20 heavy (non-hydrogen) atoms. The van der Waals surface area contributed by atoms with E-state index in [1.807, 2.05) is 19.2 Å². The summed E-state index contributed by atoms with van der Waals surface area (Å²) >= 11 is 0. The molecule has 2 rings (SSSR count). The molecule has 0 aliphatic carbocycles. The molecule has 106 valence electrons. The van der Waals surface area contributed by atoms with Gasteiger partial charge in [-0.3, -0.25) is 0 Å². The van der Waals surface area contributed by atoms with Crippen molar-refractivity contribution >= 4 is 0 Å². The van der Waals surface area contributed by atoms with E-state index in [-0.39, 0.29) is 6.04 Å². The van der Waals surface area contributed by atoms with Crippen molar-refractivity contribution in [2.24, 2.45) is 0 Å². The van der Waals surface area contributed by atoms with Gasteiger partial charge < -0.3 is 10.1 Å². The van der Waals surface area contributed by atoms with Gasteiger partial charge >= 0.3 is 0 Å². The summed E-state index contributed by atoms with van der Waals surface area (Å²) in [5, 5.41) is 3.42. The van der Waals surface area contributed by atoms with Crippen LogP contribution >= 0.6 is 0 Å². The van der Waals surface area contributed by atoms with Crippen molar-refractivity contribution in [1.82, 2.24) is 5.32 Å². The Bertz CT molecular complexity index is 604. The maximum absolute atomic E-state index is 5.33. The molecular formula is C18H23NO. The Morgan fingerprint density at radius 2 is 1.65 bits per heavy atom. The molecule has 1 unspecified atom stereocenters. The average Bonchev–Trinajstić information content (AvgIpc) is 2.45. The Labute approximate surface area is 121 Å². The van der Waals surface area contributed by atoms with E-state index in [2.05, 4.69) is 50.4 Å². The second-order valence-electron chi connectivity index (χ2n) is 5.29. The van der Waals surface area contributed by atoms with E-state index >= 15 is 0 Å². The van der Waals surface area contributed by atoms with Crippen LogP contribution in [0.25, 0.3) is 0 Å². The lowest BCUT2D eigenvalue weighted by molar-refractivity contribution is 0.414. The Morgan fingerprint density at radius 3 is 2.30 bits per heavy atom. The van der Waals surface area contributed by atoms with Crippen LogP contribution in [0.1, 0.15) is 33.9 Å². The van der Waals surface area contributed by atoms with Gasteiger partial charge in [0.25, 0.3) is 0 Å². The molecule has 0 spiro atoms. The molecule has 0 saturated heterocycles.